The molecule has 1 aromatic rings. The van der Waals surface area contributed by atoms with Gasteiger partial charge in [0.2, 0.25) is 11.8 Å². The van der Waals surface area contributed by atoms with Gasteiger partial charge in [-0.1, -0.05) is 25.0 Å². The van der Waals surface area contributed by atoms with Crippen molar-refractivity contribution in [2.45, 2.75) is 51.0 Å². The van der Waals surface area contributed by atoms with Crippen LogP contribution in [-0.2, 0) is 15.1 Å². The Hall–Kier alpha value is -1.64. The second kappa shape index (κ2) is 8.37. The van der Waals surface area contributed by atoms with Crippen molar-refractivity contribution in [3.63, 3.8) is 0 Å². The number of likely N-dealkylation sites (tertiary alicyclic amines) is 1. The molecule has 0 bridgehead atoms. The minimum atomic E-state index is -0.482. The van der Waals surface area contributed by atoms with Crippen molar-refractivity contribution in [3.05, 3.63) is 5.82 Å². The molecular formula is C17H28N6O2S. The zero-order valence-electron chi connectivity index (χ0n) is 15.5. The van der Waals surface area contributed by atoms with Gasteiger partial charge in [0.1, 0.15) is 5.54 Å². The lowest BCUT2D eigenvalue weighted by Crippen LogP contribution is -2.50. The van der Waals surface area contributed by atoms with E-state index in [4.69, 9.17) is 0 Å². The van der Waals surface area contributed by atoms with Gasteiger partial charge in [-0.05, 0) is 31.9 Å². The Morgan fingerprint density at radius 2 is 2.04 bits per heavy atom. The first kappa shape index (κ1) is 19.1. The van der Waals surface area contributed by atoms with Crippen LogP contribution in [0, 0.1) is 11.8 Å². The second-order valence-electron chi connectivity index (χ2n) is 7.47. The van der Waals surface area contributed by atoms with E-state index in [0.717, 1.165) is 31.4 Å². The number of aromatic amines is 1. The number of nitrogens with one attached hydrogen (secondary N) is 2. The number of carbonyl (C=O) groups excluding carboxylic acids is 2. The van der Waals surface area contributed by atoms with Gasteiger partial charge in [-0.15, -0.1) is 10.2 Å². The number of rotatable bonds is 6. The minimum Gasteiger partial charge on any atom is -0.343 e. The third kappa shape index (κ3) is 4.02. The fraction of sp³-hybridized carbons (Fsp3) is 0.824. The van der Waals surface area contributed by atoms with E-state index < -0.39 is 5.54 Å². The predicted octanol–water partition coefficient (Wildman–Crippen LogP) is 1.32. The van der Waals surface area contributed by atoms with Crippen LogP contribution in [0.3, 0.4) is 0 Å². The standard InChI is InChI=1S/C17H28N6O2S/c1-12(11-26-2)15(25)23-9-5-13(6-10-23)14(24)18-17(7-3-4-8-17)16-19-21-22-20-16/h12-13H,3-11H2,1-2H3,(H,18,24)(H,19,20,21,22). The minimum absolute atomic E-state index is 0.0374. The summed E-state index contributed by atoms with van der Waals surface area (Å²) >= 11 is 1.69. The Balaban J connectivity index is 1.56. The third-order valence-corrected chi connectivity index (χ3v) is 6.44. The van der Waals surface area contributed by atoms with Crippen LogP contribution in [0.25, 0.3) is 0 Å². The Morgan fingerprint density at radius 3 is 2.62 bits per heavy atom. The summed E-state index contributed by atoms with van der Waals surface area (Å²) in [6.45, 7) is 3.29. The van der Waals surface area contributed by atoms with E-state index in [2.05, 4.69) is 25.9 Å². The fourth-order valence-corrected chi connectivity index (χ4v) is 4.72. The maximum atomic E-state index is 12.9. The molecule has 3 rings (SSSR count). The van der Waals surface area contributed by atoms with Crippen molar-refractivity contribution in [1.82, 2.24) is 30.8 Å². The van der Waals surface area contributed by atoms with Gasteiger partial charge in [0.25, 0.3) is 0 Å². The summed E-state index contributed by atoms with van der Waals surface area (Å²) in [5.41, 5.74) is -0.482. The van der Waals surface area contributed by atoms with Gasteiger partial charge >= 0.3 is 0 Å². The van der Waals surface area contributed by atoms with Gasteiger partial charge in [0, 0.05) is 30.7 Å². The van der Waals surface area contributed by atoms with Gasteiger partial charge in [-0.25, -0.2) is 0 Å². The predicted molar refractivity (Wildman–Crippen MR) is 99.3 cm³/mol. The molecule has 2 aliphatic rings. The average Bonchev–Trinajstić information content (AvgIpc) is 3.34. The quantitative estimate of drug-likeness (QED) is 0.771. The molecule has 0 aromatic carbocycles. The van der Waals surface area contributed by atoms with Crippen LogP contribution < -0.4 is 5.32 Å². The molecule has 1 aliphatic heterocycles. The molecule has 1 aromatic heterocycles. The van der Waals surface area contributed by atoms with E-state index in [1.54, 1.807) is 11.8 Å². The third-order valence-electron chi connectivity index (χ3n) is 5.61. The average molecular weight is 381 g/mol. The highest BCUT2D eigenvalue weighted by molar-refractivity contribution is 7.98. The first-order valence-electron chi connectivity index (χ1n) is 9.39. The summed E-state index contributed by atoms with van der Waals surface area (Å²) < 4.78 is 0. The molecule has 0 spiro atoms. The van der Waals surface area contributed by atoms with Crippen LogP contribution in [0.5, 0.6) is 0 Å². The van der Waals surface area contributed by atoms with Gasteiger partial charge in [0.05, 0.1) is 0 Å². The van der Waals surface area contributed by atoms with Gasteiger partial charge in [-0.3, -0.25) is 9.59 Å². The SMILES string of the molecule is CSCC(C)C(=O)N1CCC(C(=O)NC2(c3nn[nH]n3)CCCC2)CC1. The normalized spacial score (nSPS) is 21.5. The number of piperidine rings is 1. The number of thioether (sulfide) groups is 1. The van der Waals surface area contributed by atoms with Crippen molar-refractivity contribution in [1.29, 1.82) is 0 Å². The molecule has 2 fully saturated rings. The number of hydrogen-bond acceptors (Lipinski definition) is 6. The molecule has 0 radical (unpaired) electrons. The van der Waals surface area contributed by atoms with Crippen molar-refractivity contribution in [2.75, 3.05) is 25.1 Å². The summed E-state index contributed by atoms with van der Waals surface area (Å²) in [5.74, 6) is 1.67. The van der Waals surface area contributed by atoms with Gasteiger partial charge < -0.3 is 10.2 Å². The fourth-order valence-electron chi connectivity index (χ4n) is 4.08. The highest BCUT2D eigenvalue weighted by Crippen LogP contribution is 2.37. The van der Waals surface area contributed by atoms with E-state index in [-0.39, 0.29) is 23.7 Å². The molecule has 1 unspecified atom stereocenters. The lowest BCUT2D eigenvalue weighted by Gasteiger charge is -2.35. The lowest BCUT2D eigenvalue weighted by molar-refractivity contribution is -0.138. The molecule has 2 N–H and O–H groups in total. The number of carbonyl (C=O) groups is 2. The molecule has 9 heteroatoms. The molecular weight excluding hydrogens is 352 g/mol. The lowest BCUT2D eigenvalue weighted by atomic mass is 9.91. The number of aromatic nitrogens is 4. The molecule has 144 valence electrons. The van der Waals surface area contributed by atoms with Crippen molar-refractivity contribution in [3.8, 4) is 0 Å². The molecule has 2 amide bonds. The number of H-pyrrole nitrogens is 1. The molecule has 1 aliphatic carbocycles. The van der Waals surface area contributed by atoms with E-state index >= 15 is 0 Å². The zero-order chi connectivity index (χ0) is 18.6. The summed E-state index contributed by atoms with van der Waals surface area (Å²) in [6, 6.07) is 0. The first-order valence-corrected chi connectivity index (χ1v) is 10.8. The van der Waals surface area contributed by atoms with Gasteiger partial charge in [-0.2, -0.15) is 17.0 Å². The van der Waals surface area contributed by atoms with E-state index in [0.29, 0.717) is 31.8 Å². The van der Waals surface area contributed by atoms with Gasteiger partial charge in [0.15, 0.2) is 5.82 Å². The van der Waals surface area contributed by atoms with Crippen LogP contribution in [0.1, 0.15) is 51.3 Å². The Labute approximate surface area is 158 Å². The second-order valence-corrected chi connectivity index (χ2v) is 8.38. The molecule has 1 atom stereocenters. The Bertz CT molecular complexity index is 609. The van der Waals surface area contributed by atoms with Crippen LogP contribution >= 0.6 is 11.8 Å². The van der Waals surface area contributed by atoms with Crippen molar-refractivity contribution >= 4 is 23.6 Å². The van der Waals surface area contributed by atoms with E-state index in [1.165, 1.54) is 0 Å². The largest absolute Gasteiger partial charge is 0.343 e. The maximum Gasteiger partial charge on any atom is 0.226 e. The first-order chi connectivity index (χ1) is 12.6. The molecule has 26 heavy (non-hydrogen) atoms. The maximum absolute atomic E-state index is 12.9. The Kier molecular flexibility index (Phi) is 6.16. The number of amides is 2. The number of hydrogen-bond donors (Lipinski definition) is 2. The topological polar surface area (TPSA) is 104 Å². The van der Waals surface area contributed by atoms with Crippen molar-refractivity contribution < 1.29 is 9.59 Å². The van der Waals surface area contributed by atoms with E-state index in [9.17, 15) is 9.59 Å². The molecule has 2 heterocycles. The summed E-state index contributed by atoms with van der Waals surface area (Å²) in [4.78, 5) is 27.2. The highest BCUT2D eigenvalue weighted by Gasteiger charge is 2.42. The molecule has 1 saturated heterocycles. The molecule has 1 saturated carbocycles. The van der Waals surface area contributed by atoms with E-state index in [1.807, 2.05) is 18.1 Å². The van der Waals surface area contributed by atoms with Crippen LogP contribution in [0.2, 0.25) is 0 Å². The summed E-state index contributed by atoms with van der Waals surface area (Å²) in [6.07, 6.45) is 7.24. The van der Waals surface area contributed by atoms with Crippen LogP contribution in [0.15, 0.2) is 0 Å². The van der Waals surface area contributed by atoms with Crippen molar-refractivity contribution in [2.24, 2.45) is 11.8 Å². The van der Waals surface area contributed by atoms with Crippen LogP contribution in [0.4, 0.5) is 0 Å². The highest BCUT2D eigenvalue weighted by atomic mass is 32.2. The molecule has 8 nitrogen and oxygen atoms in total. The van der Waals surface area contributed by atoms with Crippen LogP contribution in [-0.4, -0.2) is 62.4 Å². The monoisotopic (exact) mass is 380 g/mol. The number of nitrogens with zero attached hydrogens (tertiary/aromatic N) is 4. The Morgan fingerprint density at radius 1 is 1.35 bits per heavy atom. The smallest absolute Gasteiger partial charge is 0.226 e. The summed E-state index contributed by atoms with van der Waals surface area (Å²) in [7, 11) is 0. The number of tetrazole rings is 1. The summed E-state index contributed by atoms with van der Waals surface area (Å²) in [5, 5.41) is 17.6. The zero-order valence-corrected chi connectivity index (χ0v) is 16.3.